The molecule has 0 atom stereocenters. The molecule has 2 aromatic carbocycles. The van der Waals surface area contributed by atoms with E-state index in [0.717, 1.165) is 4.31 Å². The average molecular weight is 422 g/mol. The molecule has 8 nitrogen and oxygen atoms in total. The third-order valence-corrected chi connectivity index (χ3v) is 5.81. The Bertz CT molecular complexity index is 1090. The van der Waals surface area contributed by atoms with E-state index >= 15 is 0 Å². The fourth-order valence-electron chi connectivity index (χ4n) is 2.23. The summed E-state index contributed by atoms with van der Waals surface area (Å²) in [5.41, 5.74) is 0.799. The lowest BCUT2D eigenvalue weighted by molar-refractivity contribution is 0.0429. The van der Waals surface area contributed by atoms with Gasteiger partial charge in [-0.1, -0.05) is 22.8 Å². The lowest BCUT2D eigenvalue weighted by Crippen LogP contribution is -2.22. The second kappa shape index (κ2) is 8.09. The van der Waals surface area contributed by atoms with Crippen LogP contribution in [0.2, 0.25) is 5.02 Å². The lowest BCUT2D eigenvalue weighted by atomic mass is 10.2. The van der Waals surface area contributed by atoms with E-state index in [-0.39, 0.29) is 23.0 Å². The fraction of sp³-hybridized carbons (Fsp3) is 0.167. The molecular weight excluding hydrogens is 406 g/mol. The minimum absolute atomic E-state index is 0.00485. The van der Waals surface area contributed by atoms with Gasteiger partial charge in [-0.2, -0.15) is 4.98 Å². The van der Waals surface area contributed by atoms with Gasteiger partial charge in [-0.25, -0.2) is 17.5 Å². The highest BCUT2D eigenvalue weighted by Crippen LogP contribution is 2.19. The van der Waals surface area contributed by atoms with Gasteiger partial charge in [0, 0.05) is 24.7 Å². The molecule has 0 bridgehead atoms. The van der Waals surface area contributed by atoms with Gasteiger partial charge in [-0.05, 0) is 42.5 Å². The fourth-order valence-corrected chi connectivity index (χ4v) is 3.31. The Morgan fingerprint density at radius 2 is 1.89 bits per heavy atom. The van der Waals surface area contributed by atoms with E-state index in [0.29, 0.717) is 16.4 Å². The minimum atomic E-state index is -3.66. The van der Waals surface area contributed by atoms with Crippen LogP contribution < -0.4 is 0 Å². The lowest BCUT2D eigenvalue weighted by Gasteiger charge is -2.11. The Kier molecular flexibility index (Phi) is 5.78. The maximum Gasteiger partial charge on any atom is 0.338 e. The summed E-state index contributed by atoms with van der Waals surface area (Å²) in [6, 6.07) is 12.5. The van der Waals surface area contributed by atoms with Crippen molar-refractivity contribution < 1.29 is 22.5 Å². The first-order chi connectivity index (χ1) is 13.3. The molecule has 0 fully saturated rings. The largest absolute Gasteiger partial charge is 0.452 e. The number of sulfonamides is 1. The molecule has 0 amide bonds. The zero-order valence-corrected chi connectivity index (χ0v) is 16.6. The number of carbonyl (C=O) groups excluding carboxylic acids is 1. The van der Waals surface area contributed by atoms with Crippen molar-refractivity contribution in [2.45, 2.75) is 11.5 Å². The molecule has 10 heteroatoms. The highest BCUT2D eigenvalue weighted by molar-refractivity contribution is 7.89. The van der Waals surface area contributed by atoms with Crippen molar-refractivity contribution in [2.24, 2.45) is 0 Å². The number of carbonyl (C=O) groups is 1. The van der Waals surface area contributed by atoms with Crippen LogP contribution in [-0.4, -0.2) is 42.9 Å². The Morgan fingerprint density at radius 3 is 2.57 bits per heavy atom. The molecule has 28 heavy (non-hydrogen) atoms. The molecule has 146 valence electrons. The van der Waals surface area contributed by atoms with E-state index in [1.165, 1.54) is 38.4 Å². The van der Waals surface area contributed by atoms with Gasteiger partial charge in [0.1, 0.15) is 0 Å². The monoisotopic (exact) mass is 421 g/mol. The SMILES string of the molecule is CN(C)S(=O)(=O)c1cccc(C(=O)OCc2nc(-c3ccc(Cl)cc3)no2)c1. The number of benzene rings is 2. The number of aromatic nitrogens is 2. The van der Waals surface area contributed by atoms with E-state index in [9.17, 15) is 13.2 Å². The van der Waals surface area contributed by atoms with Crippen LogP contribution in [0.25, 0.3) is 11.4 Å². The van der Waals surface area contributed by atoms with E-state index in [1.54, 1.807) is 24.3 Å². The van der Waals surface area contributed by atoms with Gasteiger partial charge in [0.2, 0.25) is 15.8 Å². The van der Waals surface area contributed by atoms with E-state index in [1.807, 2.05) is 0 Å². The number of esters is 1. The molecule has 0 unspecified atom stereocenters. The molecular formula is C18H16ClN3O5S. The highest BCUT2D eigenvalue weighted by Gasteiger charge is 2.19. The van der Waals surface area contributed by atoms with Crippen molar-refractivity contribution in [2.75, 3.05) is 14.1 Å². The summed E-state index contributed by atoms with van der Waals surface area (Å²) in [6.07, 6.45) is 0. The molecule has 0 aliphatic carbocycles. The first-order valence-electron chi connectivity index (χ1n) is 8.05. The molecule has 0 aliphatic rings. The Morgan fingerprint density at radius 1 is 1.18 bits per heavy atom. The quantitative estimate of drug-likeness (QED) is 0.563. The molecule has 0 radical (unpaired) electrons. The third-order valence-electron chi connectivity index (χ3n) is 3.75. The van der Waals surface area contributed by atoms with Crippen LogP contribution in [0.1, 0.15) is 16.2 Å². The third kappa shape index (κ3) is 4.38. The van der Waals surface area contributed by atoms with Gasteiger partial charge in [0.05, 0.1) is 10.5 Å². The van der Waals surface area contributed by atoms with Crippen LogP contribution >= 0.6 is 11.6 Å². The van der Waals surface area contributed by atoms with E-state index in [4.69, 9.17) is 20.9 Å². The van der Waals surface area contributed by atoms with Crippen molar-refractivity contribution in [3.05, 3.63) is 65.0 Å². The summed E-state index contributed by atoms with van der Waals surface area (Å²) >= 11 is 5.84. The summed E-state index contributed by atoms with van der Waals surface area (Å²) < 4.78 is 35.6. The van der Waals surface area contributed by atoms with Gasteiger partial charge in [-0.3, -0.25) is 0 Å². The number of ether oxygens (including phenoxy) is 1. The molecule has 0 spiro atoms. The highest BCUT2D eigenvalue weighted by atomic mass is 35.5. The number of rotatable bonds is 6. The van der Waals surface area contributed by atoms with Gasteiger partial charge in [-0.15, -0.1) is 0 Å². The average Bonchev–Trinajstić information content (AvgIpc) is 3.15. The van der Waals surface area contributed by atoms with Crippen molar-refractivity contribution >= 4 is 27.6 Å². The second-order valence-corrected chi connectivity index (χ2v) is 8.50. The Balaban J connectivity index is 1.69. The number of hydrogen-bond donors (Lipinski definition) is 0. The molecule has 0 saturated heterocycles. The molecule has 1 aromatic heterocycles. The smallest absolute Gasteiger partial charge is 0.338 e. The van der Waals surface area contributed by atoms with Gasteiger partial charge < -0.3 is 9.26 Å². The summed E-state index contributed by atoms with van der Waals surface area (Å²) in [6.45, 7) is -0.246. The standard InChI is InChI=1S/C18H16ClN3O5S/c1-22(2)28(24,25)15-5-3-4-13(10-15)18(23)26-11-16-20-17(21-27-16)12-6-8-14(19)9-7-12/h3-10H,11H2,1-2H3. The maximum absolute atomic E-state index is 12.2. The van der Waals surface area contributed by atoms with Crippen molar-refractivity contribution in [1.29, 1.82) is 0 Å². The molecule has 3 rings (SSSR count). The van der Waals surface area contributed by atoms with Crippen LogP contribution in [0.4, 0.5) is 0 Å². The summed E-state index contributed by atoms with van der Waals surface area (Å²) in [4.78, 5) is 16.4. The first kappa shape index (κ1) is 20.0. The van der Waals surface area contributed by atoms with Gasteiger partial charge >= 0.3 is 5.97 Å². The van der Waals surface area contributed by atoms with Crippen molar-refractivity contribution in [1.82, 2.24) is 14.4 Å². The van der Waals surface area contributed by atoms with Crippen molar-refractivity contribution in [3.8, 4) is 11.4 Å². The molecule has 3 aromatic rings. The number of hydrogen-bond acceptors (Lipinski definition) is 7. The molecule has 0 N–H and O–H groups in total. The Labute approximate surface area is 166 Å². The summed E-state index contributed by atoms with van der Waals surface area (Å²) in [5.74, 6) is -0.265. The predicted octanol–water partition coefficient (Wildman–Crippen LogP) is 3.00. The van der Waals surface area contributed by atoms with Gasteiger partial charge in [0.25, 0.3) is 5.89 Å². The van der Waals surface area contributed by atoms with Crippen LogP contribution in [0.5, 0.6) is 0 Å². The van der Waals surface area contributed by atoms with Crippen molar-refractivity contribution in [3.63, 3.8) is 0 Å². The Hall–Kier alpha value is -2.75. The first-order valence-corrected chi connectivity index (χ1v) is 9.87. The maximum atomic E-state index is 12.2. The van der Waals surface area contributed by atoms with Crippen LogP contribution in [-0.2, 0) is 21.4 Å². The topological polar surface area (TPSA) is 103 Å². The van der Waals surface area contributed by atoms with E-state index in [2.05, 4.69) is 10.1 Å². The normalized spacial score (nSPS) is 11.6. The number of halogens is 1. The van der Waals surface area contributed by atoms with E-state index < -0.39 is 16.0 Å². The summed E-state index contributed by atoms with van der Waals surface area (Å²) in [5, 5.41) is 4.41. The van der Waals surface area contributed by atoms with Gasteiger partial charge in [0.15, 0.2) is 6.61 Å². The molecule has 0 saturated carbocycles. The predicted molar refractivity (Wildman–Crippen MR) is 101 cm³/mol. The minimum Gasteiger partial charge on any atom is -0.452 e. The zero-order chi connectivity index (χ0) is 20.3. The molecule has 1 heterocycles. The van der Waals surface area contributed by atoms with Crippen LogP contribution in [0.3, 0.4) is 0 Å². The summed E-state index contributed by atoms with van der Waals surface area (Å²) in [7, 11) is -0.833. The zero-order valence-electron chi connectivity index (χ0n) is 15.0. The van der Waals surface area contributed by atoms with Crippen LogP contribution in [0.15, 0.2) is 57.9 Å². The van der Waals surface area contributed by atoms with Crippen LogP contribution in [0, 0.1) is 0 Å². The second-order valence-electron chi connectivity index (χ2n) is 5.91. The number of nitrogens with zero attached hydrogens (tertiary/aromatic N) is 3. The molecule has 0 aliphatic heterocycles.